The van der Waals surface area contributed by atoms with Crippen LogP contribution >= 0.6 is 27.5 Å². The minimum atomic E-state index is -3.75. The lowest BCUT2D eigenvalue weighted by atomic mass is 10.3. The first-order chi connectivity index (χ1) is 7.83. The third-order valence-electron chi connectivity index (χ3n) is 2.02. The molecule has 0 saturated carbocycles. The average molecular weight is 345 g/mol. The molecular weight excluding hydrogens is 333 g/mol. The molecule has 0 fully saturated rings. The first kappa shape index (κ1) is 14.9. The maximum absolute atomic E-state index is 13.0. The second-order valence-electron chi connectivity index (χ2n) is 3.54. The molecule has 1 unspecified atom stereocenters. The molecule has 0 amide bonds. The van der Waals surface area contributed by atoms with Crippen molar-refractivity contribution in [3.8, 4) is 0 Å². The molecule has 1 atom stereocenters. The van der Waals surface area contributed by atoms with E-state index < -0.39 is 15.8 Å². The molecule has 0 heterocycles. The van der Waals surface area contributed by atoms with Crippen molar-refractivity contribution in [3.05, 3.63) is 29.0 Å². The van der Waals surface area contributed by atoms with Crippen molar-refractivity contribution in [2.75, 3.05) is 6.54 Å². The van der Waals surface area contributed by atoms with Crippen LogP contribution in [0, 0.1) is 5.82 Å². The minimum absolute atomic E-state index is 0.00536. The van der Waals surface area contributed by atoms with E-state index in [-0.39, 0.29) is 21.3 Å². The van der Waals surface area contributed by atoms with E-state index in [0.717, 1.165) is 12.1 Å². The topological polar surface area (TPSA) is 46.2 Å². The SMILES string of the molecule is CC(Br)CCNS(=O)(=O)c1cc(F)ccc1Cl. The Morgan fingerprint density at radius 2 is 2.18 bits per heavy atom. The molecule has 1 N–H and O–H groups in total. The predicted octanol–water partition coefficient (Wildman–Crippen LogP) is 2.93. The van der Waals surface area contributed by atoms with Crippen molar-refractivity contribution < 1.29 is 12.8 Å². The van der Waals surface area contributed by atoms with E-state index in [1.165, 1.54) is 6.07 Å². The normalized spacial score (nSPS) is 13.6. The van der Waals surface area contributed by atoms with E-state index in [1.54, 1.807) is 0 Å². The summed E-state index contributed by atoms with van der Waals surface area (Å²) in [5.41, 5.74) is 0. The molecule has 0 aliphatic rings. The monoisotopic (exact) mass is 343 g/mol. The summed E-state index contributed by atoms with van der Waals surface area (Å²) in [6.45, 7) is 2.17. The van der Waals surface area contributed by atoms with Gasteiger partial charge in [-0.1, -0.05) is 34.5 Å². The molecule has 0 spiro atoms. The summed E-state index contributed by atoms with van der Waals surface area (Å²) in [6, 6.07) is 3.24. The quantitative estimate of drug-likeness (QED) is 0.835. The zero-order valence-electron chi connectivity index (χ0n) is 9.08. The highest BCUT2D eigenvalue weighted by Gasteiger charge is 2.18. The molecule has 0 radical (unpaired) electrons. The van der Waals surface area contributed by atoms with Gasteiger partial charge in [-0.25, -0.2) is 17.5 Å². The summed E-state index contributed by atoms with van der Waals surface area (Å²) in [5.74, 6) is -0.636. The lowest BCUT2D eigenvalue weighted by molar-refractivity contribution is 0.575. The van der Waals surface area contributed by atoms with Gasteiger partial charge in [0.15, 0.2) is 0 Å². The number of hydrogen-bond acceptors (Lipinski definition) is 2. The van der Waals surface area contributed by atoms with E-state index in [9.17, 15) is 12.8 Å². The van der Waals surface area contributed by atoms with Crippen molar-refractivity contribution in [1.29, 1.82) is 0 Å². The number of sulfonamides is 1. The number of halogens is 3. The van der Waals surface area contributed by atoms with Gasteiger partial charge in [-0.15, -0.1) is 0 Å². The van der Waals surface area contributed by atoms with Gasteiger partial charge in [0.1, 0.15) is 10.7 Å². The number of alkyl halides is 1. The maximum Gasteiger partial charge on any atom is 0.242 e. The third-order valence-corrected chi connectivity index (χ3v) is 4.42. The summed E-state index contributed by atoms with van der Waals surface area (Å²) < 4.78 is 39.0. The summed E-state index contributed by atoms with van der Waals surface area (Å²) in [5, 5.41) is 0.00536. The van der Waals surface area contributed by atoms with Crippen LogP contribution in [0.15, 0.2) is 23.1 Å². The van der Waals surface area contributed by atoms with Crippen LogP contribution in [-0.4, -0.2) is 19.8 Å². The molecule has 0 aromatic heterocycles. The van der Waals surface area contributed by atoms with Crippen molar-refractivity contribution in [2.45, 2.75) is 23.1 Å². The molecule has 96 valence electrons. The molecule has 7 heteroatoms. The van der Waals surface area contributed by atoms with Crippen molar-refractivity contribution in [3.63, 3.8) is 0 Å². The van der Waals surface area contributed by atoms with Crippen LogP contribution in [0.2, 0.25) is 5.02 Å². The van der Waals surface area contributed by atoms with Crippen LogP contribution in [0.4, 0.5) is 4.39 Å². The fraction of sp³-hybridized carbons (Fsp3) is 0.400. The maximum atomic E-state index is 13.0. The first-order valence-electron chi connectivity index (χ1n) is 4.91. The first-order valence-corrected chi connectivity index (χ1v) is 7.69. The van der Waals surface area contributed by atoms with Crippen LogP contribution in [0.1, 0.15) is 13.3 Å². The molecule has 17 heavy (non-hydrogen) atoms. The summed E-state index contributed by atoms with van der Waals surface area (Å²) in [4.78, 5) is -0.0328. The Bertz CT molecular complexity index is 493. The Morgan fingerprint density at radius 3 is 2.76 bits per heavy atom. The number of benzene rings is 1. The van der Waals surface area contributed by atoms with E-state index in [4.69, 9.17) is 11.6 Å². The second-order valence-corrected chi connectivity index (χ2v) is 7.25. The summed E-state index contributed by atoms with van der Waals surface area (Å²) in [7, 11) is -3.75. The van der Waals surface area contributed by atoms with Gasteiger partial charge in [0.2, 0.25) is 10.0 Å². The Morgan fingerprint density at radius 1 is 1.53 bits per heavy atom. The van der Waals surface area contributed by atoms with E-state index in [0.29, 0.717) is 6.42 Å². The zero-order chi connectivity index (χ0) is 13.1. The van der Waals surface area contributed by atoms with Gasteiger partial charge in [-0.05, 0) is 24.6 Å². The number of nitrogens with one attached hydrogen (secondary N) is 1. The van der Waals surface area contributed by atoms with Crippen LogP contribution < -0.4 is 4.72 Å². The van der Waals surface area contributed by atoms with Gasteiger partial charge in [0.25, 0.3) is 0 Å². The van der Waals surface area contributed by atoms with Crippen LogP contribution in [0.3, 0.4) is 0 Å². The van der Waals surface area contributed by atoms with E-state index in [2.05, 4.69) is 20.7 Å². The standard InChI is InChI=1S/C10H12BrClFNO2S/c1-7(11)4-5-14-17(15,16)10-6-8(13)2-3-9(10)12/h2-3,6-7,14H,4-5H2,1H3. The molecule has 0 saturated heterocycles. The Hall–Kier alpha value is -0.170. The van der Waals surface area contributed by atoms with Gasteiger partial charge < -0.3 is 0 Å². The smallest absolute Gasteiger partial charge is 0.211 e. The average Bonchev–Trinajstić information content (AvgIpc) is 2.20. The van der Waals surface area contributed by atoms with Gasteiger partial charge in [0, 0.05) is 11.4 Å². The van der Waals surface area contributed by atoms with Crippen LogP contribution in [-0.2, 0) is 10.0 Å². The molecule has 3 nitrogen and oxygen atoms in total. The largest absolute Gasteiger partial charge is 0.242 e. The molecule has 0 aliphatic heterocycles. The fourth-order valence-electron chi connectivity index (χ4n) is 1.15. The van der Waals surface area contributed by atoms with Crippen molar-refractivity contribution in [1.82, 2.24) is 4.72 Å². The molecular formula is C10H12BrClFNO2S. The zero-order valence-corrected chi connectivity index (χ0v) is 12.2. The lowest BCUT2D eigenvalue weighted by Crippen LogP contribution is -2.26. The molecule has 1 rings (SSSR count). The second kappa shape index (κ2) is 6.13. The van der Waals surface area contributed by atoms with Crippen LogP contribution in [0.25, 0.3) is 0 Å². The molecule has 0 bridgehead atoms. The Balaban J connectivity index is 2.86. The van der Waals surface area contributed by atoms with Gasteiger partial charge >= 0.3 is 0 Å². The van der Waals surface area contributed by atoms with Crippen molar-refractivity contribution >= 4 is 37.6 Å². The third kappa shape index (κ3) is 4.54. The highest BCUT2D eigenvalue weighted by Crippen LogP contribution is 2.21. The van der Waals surface area contributed by atoms with Crippen LogP contribution in [0.5, 0.6) is 0 Å². The molecule has 1 aromatic rings. The Labute approximate surface area is 114 Å². The van der Waals surface area contributed by atoms with E-state index >= 15 is 0 Å². The molecule has 0 aliphatic carbocycles. The highest BCUT2D eigenvalue weighted by molar-refractivity contribution is 9.09. The predicted molar refractivity (Wildman–Crippen MR) is 69.6 cm³/mol. The minimum Gasteiger partial charge on any atom is -0.211 e. The van der Waals surface area contributed by atoms with E-state index in [1.807, 2.05) is 6.92 Å². The lowest BCUT2D eigenvalue weighted by Gasteiger charge is -2.09. The summed E-state index contributed by atoms with van der Waals surface area (Å²) in [6.07, 6.45) is 0.631. The van der Waals surface area contributed by atoms with Crippen molar-refractivity contribution in [2.24, 2.45) is 0 Å². The highest BCUT2D eigenvalue weighted by atomic mass is 79.9. The number of hydrogen-bond donors (Lipinski definition) is 1. The van der Waals surface area contributed by atoms with Gasteiger partial charge in [0.05, 0.1) is 5.02 Å². The van der Waals surface area contributed by atoms with Gasteiger partial charge in [-0.3, -0.25) is 0 Å². The molecule has 1 aromatic carbocycles. The number of rotatable bonds is 5. The van der Waals surface area contributed by atoms with Gasteiger partial charge in [-0.2, -0.15) is 0 Å². The fourth-order valence-corrected chi connectivity index (χ4v) is 2.94. The summed E-state index contributed by atoms with van der Waals surface area (Å²) >= 11 is 9.03. The Kier molecular flexibility index (Phi) is 5.37.